The van der Waals surface area contributed by atoms with Gasteiger partial charge in [-0.2, -0.15) is 0 Å². The number of carbonyl (C=O) groups is 2. The summed E-state index contributed by atoms with van der Waals surface area (Å²) in [5.74, 6) is 0.671. The quantitative estimate of drug-likeness (QED) is 0.774. The van der Waals surface area contributed by atoms with Crippen LogP contribution in [0.15, 0.2) is 18.2 Å². The van der Waals surface area contributed by atoms with Crippen molar-refractivity contribution in [1.82, 2.24) is 0 Å². The Morgan fingerprint density at radius 1 is 1.21 bits per heavy atom. The minimum atomic E-state index is -0.886. The van der Waals surface area contributed by atoms with Crippen molar-refractivity contribution in [3.05, 3.63) is 23.8 Å². The number of ether oxygens (including phenoxy) is 3. The average molecular weight is 332 g/mol. The number of rotatable bonds is 5. The third-order valence-electron chi connectivity index (χ3n) is 5.19. The van der Waals surface area contributed by atoms with Gasteiger partial charge in [-0.05, 0) is 37.8 Å². The van der Waals surface area contributed by atoms with Crippen LogP contribution in [0.3, 0.4) is 0 Å². The fraction of sp³-hybridized carbons (Fsp3) is 0.579. The Labute approximate surface area is 142 Å². The molecule has 2 fully saturated rings. The highest BCUT2D eigenvalue weighted by Crippen LogP contribution is 2.49. The van der Waals surface area contributed by atoms with E-state index < -0.39 is 5.60 Å². The van der Waals surface area contributed by atoms with Gasteiger partial charge in [-0.3, -0.25) is 9.59 Å². The maximum Gasteiger partial charge on any atom is 0.303 e. The largest absolute Gasteiger partial charge is 0.493 e. The Bertz CT molecular complexity index is 647. The van der Waals surface area contributed by atoms with Gasteiger partial charge < -0.3 is 14.2 Å². The number of ketones is 1. The van der Waals surface area contributed by atoms with Crippen LogP contribution in [-0.4, -0.2) is 25.0 Å². The number of methoxy groups -OCH3 is 1. The van der Waals surface area contributed by atoms with Crippen LogP contribution in [0.25, 0.3) is 0 Å². The standard InChI is InChI=1S/C19H24O5/c1-12-16(21)11-19(12,24-13(2)20)14-8-9-17(22-3)18(10-14)23-15-6-4-5-7-15/h8-10,12,15H,4-7,11H2,1-3H3. The van der Waals surface area contributed by atoms with Crippen molar-refractivity contribution in [2.24, 2.45) is 5.92 Å². The zero-order chi connectivity index (χ0) is 17.3. The zero-order valence-electron chi connectivity index (χ0n) is 14.5. The van der Waals surface area contributed by atoms with E-state index in [2.05, 4.69) is 0 Å². The first-order valence-corrected chi connectivity index (χ1v) is 8.54. The number of hydrogen-bond donors (Lipinski definition) is 0. The van der Waals surface area contributed by atoms with Crippen LogP contribution in [0.2, 0.25) is 0 Å². The Morgan fingerprint density at radius 3 is 2.46 bits per heavy atom. The second-order valence-electron chi connectivity index (χ2n) is 6.74. The smallest absolute Gasteiger partial charge is 0.303 e. The van der Waals surface area contributed by atoms with Crippen molar-refractivity contribution in [3.63, 3.8) is 0 Å². The molecule has 130 valence electrons. The maximum absolute atomic E-state index is 11.8. The van der Waals surface area contributed by atoms with Crippen molar-refractivity contribution >= 4 is 11.8 Å². The summed E-state index contributed by atoms with van der Waals surface area (Å²) < 4.78 is 17.1. The van der Waals surface area contributed by atoms with E-state index in [0.717, 1.165) is 18.4 Å². The summed E-state index contributed by atoms with van der Waals surface area (Å²) in [4.78, 5) is 23.4. The van der Waals surface area contributed by atoms with Crippen LogP contribution < -0.4 is 9.47 Å². The summed E-state index contributed by atoms with van der Waals surface area (Å²) in [5.41, 5.74) is -0.0956. The Kier molecular flexibility index (Phi) is 4.52. The molecule has 0 N–H and O–H groups in total. The molecule has 2 aliphatic rings. The zero-order valence-corrected chi connectivity index (χ0v) is 14.5. The highest BCUT2D eigenvalue weighted by atomic mass is 16.6. The Morgan fingerprint density at radius 2 is 1.92 bits per heavy atom. The van der Waals surface area contributed by atoms with E-state index in [4.69, 9.17) is 14.2 Å². The van der Waals surface area contributed by atoms with E-state index in [1.165, 1.54) is 19.8 Å². The molecule has 0 aliphatic heterocycles. The van der Waals surface area contributed by atoms with E-state index in [0.29, 0.717) is 11.5 Å². The molecule has 0 bridgehead atoms. The fourth-order valence-corrected chi connectivity index (χ4v) is 3.70. The third-order valence-corrected chi connectivity index (χ3v) is 5.19. The molecule has 3 rings (SSSR count). The molecule has 0 aromatic heterocycles. The van der Waals surface area contributed by atoms with Gasteiger partial charge in [-0.1, -0.05) is 13.0 Å². The minimum absolute atomic E-state index is 0.102. The van der Waals surface area contributed by atoms with E-state index in [1.807, 2.05) is 18.2 Å². The van der Waals surface area contributed by atoms with Gasteiger partial charge >= 0.3 is 5.97 Å². The minimum Gasteiger partial charge on any atom is -0.493 e. The van der Waals surface area contributed by atoms with Crippen LogP contribution in [-0.2, 0) is 19.9 Å². The normalized spacial score (nSPS) is 26.8. The number of Topliss-reactive ketones (excluding diaryl/α,β-unsaturated/α-hetero) is 1. The lowest BCUT2D eigenvalue weighted by Gasteiger charge is -2.45. The first-order chi connectivity index (χ1) is 11.5. The second-order valence-corrected chi connectivity index (χ2v) is 6.74. The SMILES string of the molecule is COc1ccc(C2(OC(C)=O)CC(=O)C2C)cc1OC1CCCC1. The lowest BCUT2D eigenvalue weighted by molar-refractivity contribution is -0.184. The number of benzene rings is 1. The number of carbonyl (C=O) groups excluding carboxylic acids is 2. The predicted octanol–water partition coefficient (Wildman–Crippen LogP) is 3.38. The summed E-state index contributed by atoms with van der Waals surface area (Å²) in [5, 5.41) is 0. The molecule has 2 saturated carbocycles. The molecule has 2 atom stereocenters. The summed E-state index contributed by atoms with van der Waals surface area (Å²) in [6.07, 6.45) is 4.84. The van der Waals surface area contributed by atoms with Gasteiger partial charge in [0.1, 0.15) is 5.78 Å². The molecule has 2 unspecified atom stereocenters. The highest BCUT2D eigenvalue weighted by Gasteiger charge is 2.55. The van der Waals surface area contributed by atoms with Crippen LogP contribution in [0.5, 0.6) is 11.5 Å². The molecule has 1 aromatic rings. The fourth-order valence-electron chi connectivity index (χ4n) is 3.70. The first kappa shape index (κ1) is 16.8. The molecule has 0 amide bonds. The third kappa shape index (κ3) is 2.87. The highest BCUT2D eigenvalue weighted by molar-refractivity contribution is 5.91. The van der Waals surface area contributed by atoms with E-state index >= 15 is 0 Å². The predicted molar refractivity (Wildman–Crippen MR) is 88.1 cm³/mol. The second kappa shape index (κ2) is 6.46. The number of esters is 1. The van der Waals surface area contributed by atoms with Gasteiger partial charge in [0.25, 0.3) is 0 Å². The van der Waals surface area contributed by atoms with Gasteiger partial charge in [-0.15, -0.1) is 0 Å². The first-order valence-electron chi connectivity index (χ1n) is 8.54. The van der Waals surface area contributed by atoms with Crippen LogP contribution in [0.1, 0.15) is 51.5 Å². The lowest BCUT2D eigenvalue weighted by atomic mass is 9.65. The molecular weight excluding hydrogens is 308 g/mol. The van der Waals surface area contributed by atoms with Crippen molar-refractivity contribution in [2.75, 3.05) is 7.11 Å². The topological polar surface area (TPSA) is 61.8 Å². The van der Waals surface area contributed by atoms with E-state index in [1.54, 1.807) is 14.0 Å². The molecule has 0 spiro atoms. The summed E-state index contributed by atoms with van der Waals surface area (Å²) in [6, 6.07) is 5.54. The lowest BCUT2D eigenvalue weighted by Crippen LogP contribution is -2.53. The van der Waals surface area contributed by atoms with Gasteiger partial charge in [0.05, 0.1) is 25.6 Å². The van der Waals surface area contributed by atoms with Crippen LogP contribution in [0, 0.1) is 5.92 Å². The molecule has 5 heteroatoms. The number of hydrogen-bond acceptors (Lipinski definition) is 5. The molecule has 5 nitrogen and oxygen atoms in total. The summed E-state index contributed by atoms with van der Waals surface area (Å²) >= 11 is 0. The molecule has 0 saturated heterocycles. The van der Waals surface area contributed by atoms with E-state index in [9.17, 15) is 9.59 Å². The molecule has 0 heterocycles. The van der Waals surface area contributed by atoms with Crippen LogP contribution >= 0.6 is 0 Å². The van der Waals surface area contributed by atoms with Gasteiger partial charge in [0.2, 0.25) is 0 Å². The van der Waals surface area contributed by atoms with Crippen molar-refractivity contribution < 1.29 is 23.8 Å². The van der Waals surface area contributed by atoms with E-state index in [-0.39, 0.29) is 30.2 Å². The Hall–Kier alpha value is -2.04. The molecule has 0 radical (unpaired) electrons. The van der Waals surface area contributed by atoms with Gasteiger partial charge in [0.15, 0.2) is 17.1 Å². The molecule has 1 aromatic carbocycles. The van der Waals surface area contributed by atoms with Crippen molar-refractivity contribution in [1.29, 1.82) is 0 Å². The average Bonchev–Trinajstić information content (AvgIpc) is 3.06. The Balaban J connectivity index is 1.94. The maximum atomic E-state index is 11.8. The molecule has 24 heavy (non-hydrogen) atoms. The van der Waals surface area contributed by atoms with Crippen molar-refractivity contribution in [2.45, 2.75) is 57.7 Å². The molecule has 2 aliphatic carbocycles. The molecular formula is C19H24O5. The van der Waals surface area contributed by atoms with Gasteiger partial charge in [0, 0.05) is 12.5 Å². The monoisotopic (exact) mass is 332 g/mol. The van der Waals surface area contributed by atoms with Crippen LogP contribution in [0.4, 0.5) is 0 Å². The van der Waals surface area contributed by atoms with Gasteiger partial charge in [-0.25, -0.2) is 0 Å². The summed E-state index contributed by atoms with van der Waals surface area (Å²) in [7, 11) is 1.61. The summed E-state index contributed by atoms with van der Waals surface area (Å²) in [6.45, 7) is 3.17. The van der Waals surface area contributed by atoms with Crippen molar-refractivity contribution in [3.8, 4) is 11.5 Å².